The van der Waals surface area contributed by atoms with E-state index in [0.29, 0.717) is 23.4 Å². The Morgan fingerprint density at radius 2 is 2.21 bits per heavy atom. The number of benzene rings is 1. The summed E-state index contributed by atoms with van der Waals surface area (Å²) in [4.78, 5) is 0. The Labute approximate surface area is 119 Å². The van der Waals surface area contributed by atoms with Gasteiger partial charge in [-0.1, -0.05) is 6.92 Å². The van der Waals surface area contributed by atoms with Gasteiger partial charge >= 0.3 is 0 Å². The van der Waals surface area contributed by atoms with Crippen LogP contribution in [0.1, 0.15) is 18.2 Å². The second kappa shape index (κ2) is 6.73. The van der Waals surface area contributed by atoms with Gasteiger partial charge in [0.2, 0.25) is 0 Å². The highest BCUT2D eigenvalue weighted by atomic mass is 79.9. The van der Waals surface area contributed by atoms with Gasteiger partial charge in [0.1, 0.15) is 23.9 Å². The van der Waals surface area contributed by atoms with Gasteiger partial charge in [-0.05, 0) is 40.7 Å². The van der Waals surface area contributed by atoms with Gasteiger partial charge in [0.15, 0.2) is 0 Å². The Kier molecular flexibility index (Phi) is 4.99. The van der Waals surface area contributed by atoms with Crippen LogP contribution in [0.2, 0.25) is 0 Å². The van der Waals surface area contributed by atoms with Gasteiger partial charge < -0.3 is 14.5 Å². The highest BCUT2D eigenvalue weighted by molar-refractivity contribution is 9.10. The molecule has 1 N–H and O–H groups in total. The summed E-state index contributed by atoms with van der Waals surface area (Å²) in [7, 11) is 0. The molecule has 0 unspecified atom stereocenters. The monoisotopic (exact) mass is 327 g/mol. The summed E-state index contributed by atoms with van der Waals surface area (Å²) in [5.74, 6) is 1.01. The summed E-state index contributed by atoms with van der Waals surface area (Å²) in [5, 5.41) is 3.19. The van der Waals surface area contributed by atoms with Crippen molar-refractivity contribution in [1.82, 2.24) is 5.32 Å². The van der Waals surface area contributed by atoms with E-state index >= 15 is 0 Å². The van der Waals surface area contributed by atoms with Crippen molar-refractivity contribution in [3.63, 3.8) is 0 Å². The van der Waals surface area contributed by atoms with E-state index in [4.69, 9.17) is 9.15 Å². The molecule has 0 aliphatic carbocycles. The third-order valence-corrected chi connectivity index (χ3v) is 3.30. The second-order valence-corrected chi connectivity index (χ2v) is 4.87. The number of hydrogen-bond acceptors (Lipinski definition) is 3. The molecule has 0 fully saturated rings. The number of halogens is 2. The van der Waals surface area contributed by atoms with Gasteiger partial charge in [-0.2, -0.15) is 0 Å². The Morgan fingerprint density at radius 1 is 1.37 bits per heavy atom. The van der Waals surface area contributed by atoms with Gasteiger partial charge in [-0.25, -0.2) is 4.39 Å². The molecule has 0 spiro atoms. The fraction of sp³-hybridized carbons (Fsp3) is 0.286. The van der Waals surface area contributed by atoms with E-state index in [9.17, 15) is 4.39 Å². The maximum absolute atomic E-state index is 13.3. The minimum absolute atomic E-state index is 0.336. The molecular weight excluding hydrogens is 313 g/mol. The molecule has 0 radical (unpaired) electrons. The predicted octanol–water partition coefficient (Wildman–Crippen LogP) is 3.87. The van der Waals surface area contributed by atoms with Gasteiger partial charge in [-0.3, -0.25) is 0 Å². The van der Waals surface area contributed by atoms with Crippen molar-refractivity contribution < 1.29 is 13.5 Å². The zero-order valence-electron chi connectivity index (χ0n) is 10.6. The summed E-state index contributed by atoms with van der Waals surface area (Å²) in [6.45, 7) is 3.93. The lowest BCUT2D eigenvalue weighted by atomic mass is 10.2. The highest BCUT2D eigenvalue weighted by Gasteiger charge is 2.07. The van der Waals surface area contributed by atoms with Gasteiger partial charge in [0.05, 0.1) is 17.3 Å². The van der Waals surface area contributed by atoms with Gasteiger partial charge in [-0.15, -0.1) is 0 Å². The molecular formula is C14H15BrFNO2. The molecule has 0 saturated carbocycles. The molecule has 2 rings (SSSR count). The lowest BCUT2D eigenvalue weighted by Gasteiger charge is -2.07. The van der Waals surface area contributed by atoms with E-state index in [0.717, 1.165) is 17.9 Å². The maximum atomic E-state index is 13.3. The number of nitrogens with one attached hydrogen (secondary N) is 1. The minimum Gasteiger partial charge on any atom is -0.489 e. The zero-order valence-corrected chi connectivity index (χ0v) is 12.2. The number of ether oxygens (including phenoxy) is 1. The first kappa shape index (κ1) is 14.1. The smallest absolute Gasteiger partial charge is 0.141 e. The second-order valence-electron chi connectivity index (χ2n) is 4.01. The summed E-state index contributed by atoms with van der Waals surface area (Å²) in [6, 6.07) is 6.56. The van der Waals surface area contributed by atoms with Crippen molar-refractivity contribution in [2.45, 2.75) is 20.1 Å². The van der Waals surface area contributed by atoms with Crippen molar-refractivity contribution >= 4 is 15.9 Å². The Bertz CT molecular complexity index is 542. The summed E-state index contributed by atoms with van der Waals surface area (Å²) in [6.07, 6.45) is 1.63. The van der Waals surface area contributed by atoms with Crippen molar-refractivity contribution in [3.05, 3.63) is 52.1 Å². The maximum Gasteiger partial charge on any atom is 0.141 e. The molecule has 0 aliphatic rings. The van der Waals surface area contributed by atoms with Crippen LogP contribution in [0.3, 0.4) is 0 Å². The third-order valence-electron chi connectivity index (χ3n) is 2.66. The summed E-state index contributed by atoms with van der Waals surface area (Å²) in [5.41, 5.74) is 0.962. The first-order chi connectivity index (χ1) is 9.20. The fourth-order valence-electron chi connectivity index (χ4n) is 1.62. The van der Waals surface area contributed by atoms with E-state index in [1.54, 1.807) is 18.4 Å². The molecule has 0 amide bonds. The molecule has 1 aromatic carbocycles. The first-order valence-electron chi connectivity index (χ1n) is 6.04. The van der Waals surface area contributed by atoms with Crippen molar-refractivity contribution in [2.75, 3.05) is 6.54 Å². The Balaban J connectivity index is 1.98. The van der Waals surface area contributed by atoms with Crippen LogP contribution in [0.4, 0.5) is 4.39 Å². The first-order valence-corrected chi connectivity index (χ1v) is 6.83. The van der Waals surface area contributed by atoms with Crippen LogP contribution < -0.4 is 10.1 Å². The molecule has 2 aromatic rings. The standard InChI is InChI=1S/C14H15BrFNO2/c1-2-17-8-14-10(5-6-18-14)9-19-11-3-4-12(15)13(16)7-11/h3-7,17H,2,8-9H2,1H3. The van der Waals surface area contributed by atoms with Crippen molar-refractivity contribution in [3.8, 4) is 5.75 Å². The normalized spacial score (nSPS) is 10.7. The molecule has 102 valence electrons. The molecule has 1 heterocycles. The molecule has 5 heteroatoms. The van der Waals surface area contributed by atoms with E-state index in [2.05, 4.69) is 21.2 Å². The van der Waals surface area contributed by atoms with Gasteiger partial charge in [0, 0.05) is 11.6 Å². The van der Waals surface area contributed by atoms with Crippen LogP contribution in [0.5, 0.6) is 5.75 Å². The topological polar surface area (TPSA) is 34.4 Å². The largest absolute Gasteiger partial charge is 0.489 e. The molecule has 3 nitrogen and oxygen atoms in total. The van der Waals surface area contributed by atoms with E-state index in [1.165, 1.54) is 6.07 Å². The summed E-state index contributed by atoms with van der Waals surface area (Å²) < 4.78 is 24.7. The van der Waals surface area contributed by atoms with E-state index in [1.807, 2.05) is 13.0 Å². The lowest BCUT2D eigenvalue weighted by Crippen LogP contribution is -2.12. The molecule has 0 aliphatic heterocycles. The number of rotatable bonds is 6. The molecule has 1 aromatic heterocycles. The fourth-order valence-corrected chi connectivity index (χ4v) is 1.86. The summed E-state index contributed by atoms with van der Waals surface area (Å²) >= 11 is 3.11. The predicted molar refractivity (Wildman–Crippen MR) is 74.5 cm³/mol. The molecule has 19 heavy (non-hydrogen) atoms. The zero-order chi connectivity index (χ0) is 13.7. The van der Waals surface area contributed by atoms with Crippen molar-refractivity contribution in [1.29, 1.82) is 0 Å². The van der Waals surface area contributed by atoms with E-state index < -0.39 is 0 Å². The molecule has 0 bridgehead atoms. The minimum atomic E-state index is -0.336. The quantitative estimate of drug-likeness (QED) is 0.874. The van der Waals surface area contributed by atoms with E-state index in [-0.39, 0.29) is 5.82 Å². The molecule has 0 saturated heterocycles. The van der Waals surface area contributed by atoms with Crippen LogP contribution >= 0.6 is 15.9 Å². The van der Waals surface area contributed by atoms with Crippen molar-refractivity contribution in [2.24, 2.45) is 0 Å². The van der Waals surface area contributed by atoms with Crippen LogP contribution in [-0.4, -0.2) is 6.54 Å². The van der Waals surface area contributed by atoms with Gasteiger partial charge in [0.25, 0.3) is 0 Å². The van der Waals surface area contributed by atoms with Crippen LogP contribution in [0, 0.1) is 5.82 Å². The lowest BCUT2D eigenvalue weighted by molar-refractivity contribution is 0.299. The highest BCUT2D eigenvalue weighted by Crippen LogP contribution is 2.22. The number of furan rings is 1. The van der Waals surface area contributed by atoms with Crippen LogP contribution in [-0.2, 0) is 13.2 Å². The van der Waals surface area contributed by atoms with Crippen LogP contribution in [0.15, 0.2) is 39.4 Å². The SMILES string of the molecule is CCNCc1occc1COc1ccc(Br)c(F)c1. The Morgan fingerprint density at radius 3 is 2.95 bits per heavy atom. The van der Waals surface area contributed by atoms with Crippen LogP contribution in [0.25, 0.3) is 0 Å². The molecule has 0 atom stereocenters. The Hall–Kier alpha value is -1.33. The average Bonchev–Trinajstić information content (AvgIpc) is 2.85. The third kappa shape index (κ3) is 3.81. The number of hydrogen-bond donors (Lipinski definition) is 1. The average molecular weight is 328 g/mol.